The van der Waals surface area contributed by atoms with Gasteiger partial charge < -0.3 is 24.8 Å². The lowest BCUT2D eigenvalue weighted by Gasteiger charge is -2.35. The highest BCUT2D eigenvalue weighted by atomic mass is 16.5. The van der Waals surface area contributed by atoms with E-state index in [4.69, 9.17) is 14.2 Å². The summed E-state index contributed by atoms with van der Waals surface area (Å²) in [6, 6.07) is 14.9. The molecular formula is C28H35N3O5. The standard InChI is InChI=1S/C28H35N3O5/c1-4-36-27(32)24-22(18-31-15-13-20(14-16-31)17-19-9-6-5-7-10-19)29-28(33)30-25(24)21-11-8-12-23(34-2)26(21)35-3/h5-12,20,25H,4,13-18H2,1-3H3,(H2,29,30,33)/t25-/m0/s1. The van der Waals surface area contributed by atoms with Gasteiger partial charge in [0.05, 0.1) is 32.4 Å². The number of esters is 1. The Balaban J connectivity index is 1.58. The number of hydrogen-bond acceptors (Lipinski definition) is 6. The van der Waals surface area contributed by atoms with Crippen LogP contribution in [0.5, 0.6) is 11.5 Å². The summed E-state index contributed by atoms with van der Waals surface area (Å²) in [6.45, 7) is 4.26. The van der Waals surface area contributed by atoms with Gasteiger partial charge in [-0.25, -0.2) is 9.59 Å². The molecule has 1 fully saturated rings. The van der Waals surface area contributed by atoms with Crippen molar-refractivity contribution < 1.29 is 23.8 Å². The van der Waals surface area contributed by atoms with Gasteiger partial charge in [-0.2, -0.15) is 0 Å². The van der Waals surface area contributed by atoms with Crippen LogP contribution in [0.4, 0.5) is 4.79 Å². The zero-order valence-electron chi connectivity index (χ0n) is 21.2. The molecule has 2 amide bonds. The Kier molecular flexibility index (Phi) is 8.48. The molecule has 0 aliphatic carbocycles. The number of nitrogens with zero attached hydrogens (tertiary/aromatic N) is 1. The molecule has 2 aliphatic rings. The Morgan fingerprint density at radius 3 is 2.44 bits per heavy atom. The molecule has 4 rings (SSSR count). The minimum atomic E-state index is -0.728. The average Bonchev–Trinajstić information content (AvgIpc) is 2.89. The summed E-state index contributed by atoms with van der Waals surface area (Å²) >= 11 is 0. The van der Waals surface area contributed by atoms with E-state index >= 15 is 0 Å². The van der Waals surface area contributed by atoms with Crippen LogP contribution >= 0.6 is 0 Å². The van der Waals surface area contributed by atoms with Crippen LogP contribution in [0.25, 0.3) is 0 Å². The zero-order chi connectivity index (χ0) is 25.5. The number of rotatable bonds is 9. The molecule has 2 aromatic carbocycles. The molecule has 8 heteroatoms. The van der Waals surface area contributed by atoms with Crippen LogP contribution in [0.2, 0.25) is 0 Å². The number of urea groups is 1. The smallest absolute Gasteiger partial charge is 0.338 e. The predicted molar refractivity (Wildman–Crippen MR) is 137 cm³/mol. The van der Waals surface area contributed by atoms with Crippen molar-refractivity contribution in [2.24, 2.45) is 5.92 Å². The number of nitrogens with one attached hydrogen (secondary N) is 2. The molecule has 2 N–H and O–H groups in total. The first-order valence-corrected chi connectivity index (χ1v) is 12.5. The van der Waals surface area contributed by atoms with Crippen molar-refractivity contribution in [1.29, 1.82) is 0 Å². The minimum absolute atomic E-state index is 0.233. The van der Waals surface area contributed by atoms with E-state index in [9.17, 15) is 9.59 Å². The second-order valence-corrected chi connectivity index (χ2v) is 9.14. The SMILES string of the molecule is CCOC(=O)C1=C(CN2CCC(Cc3ccccc3)CC2)NC(=O)N[C@H]1c1cccc(OC)c1OC. The average molecular weight is 494 g/mol. The maximum atomic E-state index is 13.2. The number of likely N-dealkylation sites (tertiary alicyclic amines) is 1. The number of carbonyl (C=O) groups is 2. The van der Waals surface area contributed by atoms with Gasteiger partial charge in [0.2, 0.25) is 0 Å². The molecule has 0 aromatic heterocycles. The van der Waals surface area contributed by atoms with E-state index in [0.717, 1.165) is 32.4 Å². The highest BCUT2D eigenvalue weighted by Gasteiger charge is 2.36. The quantitative estimate of drug-likeness (QED) is 0.516. The predicted octanol–water partition coefficient (Wildman–Crippen LogP) is 3.83. The minimum Gasteiger partial charge on any atom is -0.493 e. The number of piperidine rings is 1. The number of carbonyl (C=O) groups excluding carboxylic acids is 2. The molecular weight excluding hydrogens is 458 g/mol. The lowest BCUT2D eigenvalue weighted by molar-refractivity contribution is -0.139. The van der Waals surface area contributed by atoms with E-state index in [0.29, 0.717) is 40.8 Å². The van der Waals surface area contributed by atoms with Crippen molar-refractivity contribution in [3.05, 3.63) is 70.9 Å². The van der Waals surface area contributed by atoms with Crippen LogP contribution in [0.3, 0.4) is 0 Å². The van der Waals surface area contributed by atoms with Gasteiger partial charge in [-0.15, -0.1) is 0 Å². The van der Waals surface area contributed by atoms with Gasteiger partial charge in [0.15, 0.2) is 11.5 Å². The van der Waals surface area contributed by atoms with Crippen molar-refractivity contribution in [1.82, 2.24) is 15.5 Å². The van der Waals surface area contributed by atoms with Crippen molar-refractivity contribution >= 4 is 12.0 Å². The molecule has 0 saturated carbocycles. The van der Waals surface area contributed by atoms with Crippen molar-refractivity contribution in [3.63, 3.8) is 0 Å². The Hall–Kier alpha value is -3.52. The summed E-state index contributed by atoms with van der Waals surface area (Å²) in [5, 5.41) is 5.77. The molecule has 0 bridgehead atoms. The third-order valence-corrected chi connectivity index (χ3v) is 6.85. The van der Waals surface area contributed by atoms with Crippen molar-refractivity contribution in [3.8, 4) is 11.5 Å². The third kappa shape index (κ3) is 5.82. The highest BCUT2D eigenvalue weighted by molar-refractivity contribution is 5.95. The molecule has 1 saturated heterocycles. The maximum absolute atomic E-state index is 13.2. The summed E-state index contributed by atoms with van der Waals surface area (Å²) in [6.07, 6.45) is 3.20. The maximum Gasteiger partial charge on any atom is 0.338 e. The summed E-state index contributed by atoms with van der Waals surface area (Å²) in [7, 11) is 3.09. The van der Waals surface area contributed by atoms with E-state index in [1.165, 1.54) is 5.56 Å². The Labute approximate surface area is 212 Å². The summed E-state index contributed by atoms with van der Waals surface area (Å²) in [5.41, 5.74) is 2.95. The van der Waals surface area contributed by atoms with Crippen LogP contribution in [-0.2, 0) is 16.0 Å². The first-order valence-electron chi connectivity index (χ1n) is 12.5. The molecule has 0 unspecified atom stereocenters. The second kappa shape index (κ2) is 11.9. The molecule has 192 valence electrons. The number of methoxy groups -OCH3 is 2. The normalized spacial score (nSPS) is 18.9. The van der Waals surface area contributed by atoms with Gasteiger partial charge in [-0.05, 0) is 56.8 Å². The van der Waals surface area contributed by atoms with Gasteiger partial charge in [0.1, 0.15) is 0 Å². The lowest BCUT2D eigenvalue weighted by Crippen LogP contribution is -2.49. The van der Waals surface area contributed by atoms with E-state index in [1.807, 2.05) is 18.2 Å². The van der Waals surface area contributed by atoms with Crippen LogP contribution in [-0.4, -0.2) is 57.4 Å². The number of ether oxygens (including phenoxy) is 3. The van der Waals surface area contributed by atoms with Gasteiger partial charge in [-0.3, -0.25) is 4.90 Å². The number of hydrogen-bond donors (Lipinski definition) is 2. The monoisotopic (exact) mass is 493 g/mol. The second-order valence-electron chi connectivity index (χ2n) is 9.14. The summed E-state index contributed by atoms with van der Waals surface area (Å²) < 4.78 is 16.5. The molecule has 0 spiro atoms. The van der Waals surface area contributed by atoms with Gasteiger partial charge in [0, 0.05) is 17.8 Å². The lowest BCUT2D eigenvalue weighted by atomic mass is 9.89. The van der Waals surface area contributed by atoms with E-state index in [1.54, 1.807) is 27.2 Å². The van der Waals surface area contributed by atoms with Crippen molar-refractivity contribution in [2.75, 3.05) is 40.5 Å². The molecule has 1 atom stereocenters. The first-order chi connectivity index (χ1) is 17.5. The van der Waals surface area contributed by atoms with Gasteiger partial charge in [0.25, 0.3) is 0 Å². The Morgan fingerprint density at radius 1 is 1.03 bits per heavy atom. The molecule has 36 heavy (non-hydrogen) atoms. The number of para-hydroxylation sites is 1. The van der Waals surface area contributed by atoms with Crippen LogP contribution in [0.15, 0.2) is 59.8 Å². The largest absolute Gasteiger partial charge is 0.493 e. The zero-order valence-corrected chi connectivity index (χ0v) is 21.2. The number of benzene rings is 2. The van der Waals surface area contributed by atoms with E-state index in [-0.39, 0.29) is 12.6 Å². The first kappa shape index (κ1) is 25.6. The van der Waals surface area contributed by atoms with Crippen molar-refractivity contribution in [2.45, 2.75) is 32.2 Å². The fourth-order valence-corrected chi connectivity index (χ4v) is 5.08. The molecule has 8 nitrogen and oxygen atoms in total. The van der Waals surface area contributed by atoms with E-state index < -0.39 is 12.0 Å². The fraction of sp³-hybridized carbons (Fsp3) is 0.429. The Morgan fingerprint density at radius 2 is 1.78 bits per heavy atom. The number of amides is 2. The van der Waals surface area contributed by atoms with Crippen LogP contribution < -0.4 is 20.1 Å². The molecule has 2 aliphatic heterocycles. The molecule has 2 aromatic rings. The highest BCUT2D eigenvalue weighted by Crippen LogP contribution is 2.39. The molecule has 0 radical (unpaired) electrons. The topological polar surface area (TPSA) is 89.1 Å². The van der Waals surface area contributed by atoms with Gasteiger partial charge >= 0.3 is 12.0 Å². The fourth-order valence-electron chi connectivity index (χ4n) is 5.08. The summed E-state index contributed by atoms with van der Waals surface area (Å²) in [4.78, 5) is 28.2. The molecule has 2 heterocycles. The summed E-state index contributed by atoms with van der Waals surface area (Å²) in [5.74, 6) is 1.15. The third-order valence-electron chi connectivity index (χ3n) is 6.85. The van der Waals surface area contributed by atoms with Crippen LogP contribution in [0, 0.1) is 5.92 Å². The Bertz CT molecular complexity index is 1090. The van der Waals surface area contributed by atoms with Crippen LogP contribution in [0.1, 0.15) is 36.9 Å². The van der Waals surface area contributed by atoms with E-state index in [2.05, 4.69) is 39.8 Å². The van der Waals surface area contributed by atoms with Gasteiger partial charge in [-0.1, -0.05) is 42.5 Å².